The van der Waals surface area contributed by atoms with E-state index in [0.717, 1.165) is 5.56 Å². The first kappa shape index (κ1) is 16.0. The van der Waals surface area contributed by atoms with Crippen LogP contribution in [0.25, 0.3) is 0 Å². The maximum Gasteiger partial charge on any atom is 0.347 e. The number of imidazole rings is 1. The first-order chi connectivity index (χ1) is 11.0. The van der Waals surface area contributed by atoms with E-state index in [0.29, 0.717) is 24.4 Å². The zero-order valence-corrected chi connectivity index (χ0v) is 13.9. The van der Waals surface area contributed by atoms with Crippen LogP contribution in [0.3, 0.4) is 0 Å². The molecule has 0 spiro atoms. The molecule has 0 saturated carbocycles. The summed E-state index contributed by atoms with van der Waals surface area (Å²) in [7, 11) is 0. The van der Waals surface area contributed by atoms with Crippen molar-refractivity contribution in [2.75, 3.05) is 0 Å². The van der Waals surface area contributed by atoms with Crippen molar-refractivity contribution in [1.82, 2.24) is 9.55 Å². The zero-order chi connectivity index (χ0) is 16.5. The van der Waals surface area contributed by atoms with Crippen molar-refractivity contribution >= 4 is 17.6 Å². The molecule has 5 nitrogen and oxygen atoms in total. The fraction of sp³-hybridized carbons (Fsp3) is 0.412. The van der Waals surface area contributed by atoms with E-state index < -0.39 is 11.4 Å². The fourth-order valence-corrected chi connectivity index (χ4v) is 3.02. The van der Waals surface area contributed by atoms with E-state index in [1.54, 1.807) is 30.9 Å². The Labute approximate surface area is 140 Å². The first-order valence-electron chi connectivity index (χ1n) is 7.69. The molecule has 0 radical (unpaired) electrons. The maximum atomic E-state index is 12.8. The number of carbonyl (C=O) groups excluding carboxylic acids is 1. The van der Waals surface area contributed by atoms with Gasteiger partial charge in [-0.1, -0.05) is 37.6 Å². The summed E-state index contributed by atoms with van der Waals surface area (Å²) in [5.74, 6) is -1.27. The summed E-state index contributed by atoms with van der Waals surface area (Å²) in [4.78, 5) is 16.9. The highest BCUT2D eigenvalue weighted by atomic mass is 35.5. The lowest BCUT2D eigenvalue weighted by Gasteiger charge is -2.29. The molecule has 1 aliphatic heterocycles. The van der Waals surface area contributed by atoms with Crippen LogP contribution >= 0.6 is 11.6 Å². The highest BCUT2D eigenvalue weighted by Gasteiger charge is 2.57. The van der Waals surface area contributed by atoms with Gasteiger partial charge in [-0.05, 0) is 17.7 Å². The SMILES string of the molecule is CCC1(CC)OC(=O)C(Cn2ccnc2)(c2ccc(Cl)cc2)O1. The van der Waals surface area contributed by atoms with Crippen molar-refractivity contribution in [2.24, 2.45) is 0 Å². The van der Waals surface area contributed by atoms with E-state index in [2.05, 4.69) is 4.98 Å². The summed E-state index contributed by atoms with van der Waals surface area (Å²) in [6.07, 6.45) is 6.31. The van der Waals surface area contributed by atoms with Gasteiger partial charge in [0.1, 0.15) is 0 Å². The number of carbonyl (C=O) groups is 1. The number of aromatic nitrogens is 2. The average Bonchev–Trinajstić information content (AvgIpc) is 3.16. The highest BCUT2D eigenvalue weighted by molar-refractivity contribution is 6.30. The summed E-state index contributed by atoms with van der Waals surface area (Å²) in [5, 5.41) is 0.607. The van der Waals surface area contributed by atoms with Gasteiger partial charge in [-0.25, -0.2) is 9.78 Å². The molecule has 23 heavy (non-hydrogen) atoms. The third kappa shape index (κ3) is 2.75. The van der Waals surface area contributed by atoms with Crippen molar-refractivity contribution in [3.8, 4) is 0 Å². The number of halogens is 1. The number of benzene rings is 1. The van der Waals surface area contributed by atoms with Gasteiger partial charge in [0.05, 0.1) is 12.9 Å². The second-order valence-electron chi connectivity index (χ2n) is 5.68. The van der Waals surface area contributed by atoms with Crippen LogP contribution in [0.5, 0.6) is 0 Å². The molecule has 0 bridgehead atoms. The van der Waals surface area contributed by atoms with Gasteiger partial charge in [-0.15, -0.1) is 0 Å². The predicted molar refractivity (Wildman–Crippen MR) is 85.8 cm³/mol. The predicted octanol–water partition coefficient (Wildman–Crippen LogP) is 3.52. The van der Waals surface area contributed by atoms with Gasteiger partial charge in [0.15, 0.2) is 0 Å². The molecule has 0 aliphatic carbocycles. The minimum Gasteiger partial charge on any atom is -0.431 e. The van der Waals surface area contributed by atoms with Crippen LogP contribution in [0.1, 0.15) is 32.3 Å². The minimum atomic E-state index is -1.20. The van der Waals surface area contributed by atoms with Crippen LogP contribution < -0.4 is 0 Å². The molecular formula is C17H19ClN2O3. The van der Waals surface area contributed by atoms with Gasteiger partial charge in [0.25, 0.3) is 0 Å². The fourth-order valence-electron chi connectivity index (χ4n) is 2.89. The molecule has 2 heterocycles. The zero-order valence-electron chi connectivity index (χ0n) is 13.2. The van der Waals surface area contributed by atoms with Crippen LogP contribution in [0.2, 0.25) is 5.02 Å². The Bertz CT molecular complexity index is 680. The van der Waals surface area contributed by atoms with Gasteiger partial charge in [0, 0.05) is 30.3 Å². The lowest BCUT2D eigenvalue weighted by atomic mass is 9.93. The van der Waals surface area contributed by atoms with Crippen LogP contribution in [0.15, 0.2) is 43.0 Å². The number of rotatable bonds is 5. The Morgan fingerprint density at radius 1 is 1.22 bits per heavy atom. The van der Waals surface area contributed by atoms with E-state index >= 15 is 0 Å². The van der Waals surface area contributed by atoms with E-state index in [9.17, 15) is 4.79 Å². The van der Waals surface area contributed by atoms with Crippen molar-refractivity contribution in [3.05, 3.63) is 53.6 Å². The largest absolute Gasteiger partial charge is 0.431 e. The molecule has 1 atom stereocenters. The Morgan fingerprint density at radius 2 is 1.91 bits per heavy atom. The number of ether oxygens (including phenoxy) is 2. The average molecular weight is 335 g/mol. The van der Waals surface area contributed by atoms with Crippen molar-refractivity contribution in [1.29, 1.82) is 0 Å². The summed E-state index contributed by atoms with van der Waals surface area (Å²) in [6, 6.07) is 7.12. The van der Waals surface area contributed by atoms with E-state index in [4.69, 9.17) is 21.1 Å². The molecule has 0 N–H and O–H groups in total. The Kier molecular flexibility index (Phi) is 4.17. The Morgan fingerprint density at radius 3 is 2.43 bits per heavy atom. The second kappa shape index (κ2) is 5.98. The lowest BCUT2D eigenvalue weighted by Crippen LogP contribution is -2.39. The number of nitrogens with zero attached hydrogens (tertiary/aromatic N) is 2. The first-order valence-corrected chi connectivity index (χ1v) is 8.07. The molecule has 1 unspecified atom stereocenters. The standard InChI is InChI=1S/C17H19ClN2O3/c1-3-16(4-2)22-15(21)17(23-16,11-20-10-9-19-12-20)13-5-7-14(18)8-6-13/h5-10,12H,3-4,11H2,1-2H3. The van der Waals surface area contributed by atoms with Crippen molar-refractivity contribution in [2.45, 2.75) is 44.6 Å². The molecule has 2 aromatic rings. The summed E-state index contributed by atoms with van der Waals surface area (Å²) < 4.78 is 13.8. The summed E-state index contributed by atoms with van der Waals surface area (Å²) >= 11 is 5.98. The van der Waals surface area contributed by atoms with Crippen molar-refractivity contribution < 1.29 is 14.3 Å². The normalized spacial score (nSPS) is 23.0. The smallest absolute Gasteiger partial charge is 0.347 e. The number of hydrogen-bond donors (Lipinski definition) is 0. The van der Waals surface area contributed by atoms with Crippen LogP contribution in [0.4, 0.5) is 0 Å². The van der Waals surface area contributed by atoms with Gasteiger partial charge >= 0.3 is 5.97 Å². The third-order valence-electron chi connectivity index (χ3n) is 4.32. The summed E-state index contributed by atoms with van der Waals surface area (Å²) in [6.45, 7) is 4.20. The van der Waals surface area contributed by atoms with Crippen LogP contribution in [-0.4, -0.2) is 21.3 Å². The maximum absolute atomic E-state index is 12.8. The molecule has 1 aromatic carbocycles. The Balaban J connectivity index is 2.07. The van der Waals surface area contributed by atoms with E-state index in [1.165, 1.54) is 0 Å². The van der Waals surface area contributed by atoms with Crippen LogP contribution in [0, 0.1) is 0 Å². The molecule has 3 rings (SSSR count). The number of esters is 1. The quantitative estimate of drug-likeness (QED) is 0.785. The molecule has 1 aliphatic rings. The van der Waals surface area contributed by atoms with Gasteiger partial charge in [0.2, 0.25) is 11.4 Å². The van der Waals surface area contributed by atoms with Gasteiger partial charge in [-0.3, -0.25) is 0 Å². The van der Waals surface area contributed by atoms with E-state index in [1.807, 2.05) is 30.5 Å². The topological polar surface area (TPSA) is 53.4 Å². The molecule has 6 heteroatoms. The number of cyclic esters (lactones) is 1. The van der Waals surface area contributed by atoms with E-state index in [-0.39, 0.29) is 5.97 Å². The molecule has 122 valence electrons. The molecule has 1 saturated heterocycles. The monoisotopic (exact) mass is 334 g/mol. The minimum absolute atomic E-state index is 0.301. The van der Waals surface area contributed by atoms with Gasteiger partial charge in [-0.2, -0.15) is 0 Å². The molecule has 0 amide bonds. The van der Waals surface area contributed by atoms with Crippen LogP contribution in [-0.2, 0) is 26.4 Å². The molecular weight excluding hydrogens is 316 g/mol. The lowest BCUT2D eigenvalue weighted by molar-refractivity contribution is -0.196. The number of hydrogen-bond acceptors (Lipinski definition) is 4. The Hall–Kier alpha value is -1.85. The molecule has 1 fully saturated rings. The van der Waals surface area contributed by atoms with Gasteiger partial charge < -0.3 is 14.0 Å². The molecule has 1 aromatic heterocycles. The second-order valence-corrected chi connectivity index (χ2v) is 6.11. The van der Waals surface area contributed by atoms with Crippen molar-refractivity contribution in [3.63, 3.8) is 0 Å². The third-order valence-corrected chi connectivity index (χ3v) is 4.57. The summed E-state index contributed by atoms with van der Waals surface area (Å²) in [5.41, 5.74) is -0.471. The highest BCUT2D eigenvalue weighted by Crippen LogP contribution is 2.44.